The van der Waals surface area contributed by atoms with Gasteiger partial charge in [-0.3, -0.25) is 4.79 Å². The molecule has 1 atom stereocenters. The van der Waals surface area contributed by atoms with E-state index in [0.717, 1.165) is 54.7 Å². The van der Waals surface area contributed by atoms with E-state index in [1.807, 2.05) is 55.5 Å². The number of hydrogen-bond donors (Lipinski definition) is 1. The maximum atomic E-state index is 12.3. The molecule has 9 heteroatoms. The fraction of sp³-hybridized carbons (Fsp3) is 0.346. The number of anilines is 2. The van der Waals surface area contributed by atoms with Crippen LogP contribution >= 0.6 is 35.0 Å². The smallest absolute Gasteiger partial charge is 0.251 e. The number of rotatable bonds is 8. The maximum absolute atomic E-state index is 12.3. The van der Waals surface area contributed by atoms with Gasteiger partial charge in [-0.2, -0.15) is 0 Å². The highest BCUT2D eigenvalue weighted by atomic mass is 35.5. The van der Waals surface area contributed by atoms with Crippen molar-refractivity contribution in [3.05, 3.63) is 75.9 Å². The second-order valence-corrected chi connectivity index (χ2v) is 10.3. The molecule has 0 aliphatic carbocycles. The van der Waals surface area contributed by atoms with Crippen LogP contribution in [0.1, 0.15) is 36.2 Å². The Kier molecular flexibility index (Phi) is 8.76. The highest BCUT2D eigenvalue weighted by molar-refractivity contribution is 7.98. The Morgan fingerprint density at radius 1 is 1.03 bits per heavy atom. The molecule has 1 saturated heterocycles. The lowest BCUT2D eigenvalue weighted by molar-refractivity contribution is 0.0939. The number of nitrogens with zero attached hydrogens (tertiary/aromatic N) is 4. The molecule has 1 aliphatic rings. The third kappa shape index (κ3) is 7.03. The van der Waals surface area contributed by atoms with E-state index in [2.05, 4.69) is 33.1 Å². The van der Waals surface area contributed by atoms with Crippen LogP contribution in [0.2, 0.25) is 10.2 Å². The molecule has 1 amide bonds. The molecular weight excluding hydrogens is 501 g/mol. The van der Waals surface area contributed by atoms with Gasteiger partial charge in [0.05, 0.1) is 0 Å². The summed E-state index contributed by atoms with van der Waals surface area (Å²) in [7, 11) is 0. The van der Waals surface area contributed by atoms with Crippen LogP contribution in [0.3, 0.4) is 0 Å². The number of carbonyl (C=O) groups excluding carboxylic acids is 1. The van der Waals surface area contributed by atoms with Crippen LogP contribution in [0.4, 0.5) is 11.5 Å². The van der Waals surface area contributed by atoms with Gasteiger partial charge < -0.3 is 15.1 Å². The lowest BCUT2D eigenvalue weighted by atomic mass is 10.1. The summed E-state index contributed by atoms with van der Waals surface area (Å²) in [5.41, 5.74) is 2.89. The predicted octanol–water partition coefficient (Wildman–Crippen LogP) is 5.93. The van der Waals surface area contributed by atoms with E-state index in [0.29, 0.717) is 21.6 Å². The quantitative estimate of drug-likeness (QED) is 0.221. The Labute approximate surface area is 221 Å². The number of nitrogens with one attached hydrogen (secondary N) is 1. The zero-order valence-electron chi connectivity index (χ0n) is 19.9. The summed E-state index contributed by atoms with van der Waals surface area (Å²) in [6.45, 7) is 7.48. The molecule has 0 spiro atoms. The standard InChI is InChI=1S/C26H29Cl2N5OS/c1-3-18(2)29-25(34)20-9-7-19(8-10-20)17-35-26-30-23(28)16-24(31-26)33-13-11-32(12-14-33)22-6-4-5-21(27)15-22/h4-10,15-16,18H,3,11-14,17H2,1-2H3,(H,29,34). The summed E-state index contributed by atoms with van der Waals surface area (Å²) < 4.78 is 0. The van der Waals surface area contributed by atoms with Crippen molar-refractivity contribution in [1.82, 2.24) is 15.3 Å². The molecule has 2 aromatic carbocycles. The van der Waals surface area contributed by atoms with Gasteiger partial charge in [0, 0.05) is 60.3 Å². The minimum atomic E-state index is -0.0446. The van der Waals surface area contributed by atoms with E-state index in [9.17, 15) is 4.79 Å². The lowest BCUT2D eigenvalue weighted by Gasteiger charge is -2.36. The molecule has 6 nitrogen and oxygen atoms in total. The second kappa shape index (κ2) is 12.0. The zero-order valence-corrected chi connectivity index (χ0v) is 22.2. The zero-order chi connectivity index (χ0) is 24.8. The monoisotopic (exact) mass is 529 g/mol. The van der Waals surface area contributed by atoms with Crippen molar-refractivity contribution in [1.29, 1.82) is 0 Å². The summed E-state index contributed by atoms with van der Waals surface area (Å²) in [4.78, 5) is 26.0. The van der Waals surface area contributed by atoms with Crippen molar-refractivity contribution in [3.8, 4) is 0 Å². The van der Waals surface area contributed by atoms with Crippen molar-refractivity contribution in [2.24, 2.45) is 0 Å². The Bertz CT molecular complexity index is 1150. The Balaban J connectivity index is 1.34. The maximum Gasteiger partial charge on any atom is 0.251 e. The number of amides is 1. The molecule has 1 N–H and O–H groups in total. The Morgan fingerprint density at radius 3 is 2.43 bits per heavy atom. The fourth-order valence-corrected chi connectivity index (χ4v) is 5.01. The van der Waals surface area contributed by atoms with Gasteiger partial charge in [0.1, 0.15) is 11.0 Å². The van der Waals surface area contributed by atoms with Crippen LogP contribution in [0.5, 0.6) is 0 Å². The van der Waals surface area contributed by atoms with Crippen molar-refractivity contribution >= 4 is 52.4 Å². The van der Waals surface area contributed by atoms with Gasteiger partial charge in [0.2, 0.25) is 0 Å². The summed E-state index contributed by atoms with van der Waals surface area (Å²) >= 11 is 14.0. The van der Waals surface area contributed by atoms with Crippen molar-refractivity contribution in [2.75, 3.05) is 36.0 Å². The van der Waals surface area contributed by atoms with Crippen molar-refractivity contribution < 1.29 is 4.79 Å². The molecule has 0 radical (unpaired) electrons. The van der Waals surface area contributed by atoms with Gasteiger partial charge in [-0.05, 0) is 49.2 Å². The average Bonchev–Trinajstić information content (AvgIpc) is 2.87. The highest BCUT2D eigenvalue weighted by Crippen LogP contribution is 2.27. The minimum Gasteiger partial charge on any atom is -0.368 e. The van der Waals surface area contributed by atoms with Crippen LogP contribution in [0, 0.1) is 0 Å². The fourth-order valence-electron chi connectivity index (χ4n) is 3.79. The van der Waals surface area contributed by atoms with Gasteiger partial charge in [-0.15, -0.1) is 0 Å². The number of benzene rings is 2. The molecule has 1 aromatic heterocycles. The average molecular weight is 531 g/mol. The highest BCUT2D eigenvalue weighted by Gasteiger charge is 2.20. The summed E-state index contributed by atoms with van der Waals surface area (Å²) in [6, 6.07) is 17.6. The van der Waals surface area contributed by atoms with Crippen molar-refractivity contribution in [3.63, 3.8) is 0 Å². The third-order valence-corrected chi connectivity index (χ3v) is 7.36. The largest absolute Gasteiger partial charge is 0.368 e. The normalized spacial score (nSPS) is 14.6. The first kappa shape index (κ1) is 25.6. The molecule has 35 heavy (non-hydrogen) atoms. The van der Waals surface area contributed by atoms with E-state index < -0.39 is 0 Å². The van der Waals surface area contributed by atoms with Gasteiger partial charge in [0.15, 0.2) is 5.16 Å². The van der Waals surface area contributed by atoms with Gasteiger partial charge in [-0.1, -0.05) is 60.1 Å². The number of carbonyl (C=O) groups is 1. The number of aromatic nitrogens is 2. The molecule has 2 heterocycles. The Hall–Kier alpha value is -2.48. The van der Waals surface area contributed by atoms with E-state index in [4.69, 9.17) is 28.2 Å². The Morgan fingerprint density at radius 2 is 1.74 bits per heavy atom. The first-order chi connectivity index (χ1) is 16.9. The van der Waals surface area contributed by atoms with E-state index in [1.54, 1.807) is 0 Å². The van der Waals surface area contributed by atoms with E-state index in [-0.39, 0.29) is 11.9 Å². The lowest BCUT2D eigenvalue weighted by Crippen LogP contribution is -2.46. The molecule has 184 valence electrons. The summed E-state index contributed by atoms with van der Waals surface area (Å²) in [6.07, 6.45) is 0.902. The minimum absolute atomic E-state index is 0.0446. The van der Waals surface area contributed by atoms with Gasteiger partial charge in [0.25, 0.3) is 5.91 Å². The molecule has 0 bridgehead atoms. The van der Waals surface area contributed by atoms with Crippen LogP contribution in [-0.4, -0.2) is 48.1 Å². The van der Waals surface area contributed by atoms with Gasteiger partial charge >= 0.3 is 0 Å². The molecule has 1 unspecified atom stereocenters. The molecule has 3 aromatic rings. The van der Waals surface area contributed by atoms with Crippen molar-refractivity contribution in [2.45, 2.75) is 37.2 Å². The second-order valence-electron chi connectivity index (χ2n) is 8.55. The molecule has 1 aliphatic heterocycles. The summed E-state index contributed by atoms with van der Waals surface area (Å²) in [5.74, 6) is 1.49. The van der Waals surface area contributed by atoms with Crippen LogP contribution in [-0.2, 0) is 5.75 Å². The van der Waals surface area contributed by atoms with Crippen LogP contribution < -0.4 is 15.1 Å². The molecule has 1 fully saturated rings. The number of halogens is 2. The number of hydrogen-bond acceptors (Lipinski definition) is 6. The first-order valence-corrected chi connectivity index (χ1v) is 13.5. The third-order valence-electron chi connectivity index (χ3n) is 6.01. The van der Waals surface area contributed by atoms with Gasteiger partial charge in [-0.25, -0.2) is 9.97 Å². The molecular formula is C26H29Cl2N5OS. The molecule has 0 saturated carbocycles. The van der Waals surface area contributed by atoms with Crippen LogP contribution in [0.15, 0.2) is 59.8 Å². The molecule has 4 rings (SSSR count). The predicted molar refractivity (Wildman–Crippen MR) is 146 cm³/mol. The summed E-state index contributed by atoms with van der Waals surface area (Å²) in [5, 5.41) is 4.82. The van der Waals surface area contributed by atoms with Crippen LogP contribution in [0.25, 0.3) is 0 Å². The SMILES string of the molecule is CCC(C)NC(=O)c1ccc(CSc2nc(Cl)cc(N3CCN(c4cccc(Cl)c4)CC3)n2)cc1. The topological polar surface area (TPSA) is 61.4 Å². The first-order valence-electron chi connectivity index (χ1n) is 11.7. The number of thioether (sulfide) groups is 1. The van der Waals surface area contributed by atoms with E-state index >= 15 is 0 Å². The number of piperazine rings is 1. The van der Waals surface area contributed by atoms with E-state index in [1.165, 1.54) is 11.8 Å².